The smallest absolute Gasteiger partial charge is 0.347 e. The van der Waals surface area contributed by atoms with Crippen LogP contribution < -0.4 is 0 Å². The molecule has 0 N–H and O–H groups in total. The van der Waals surface area contributed by atoms with E-state index in [1.54, 1.807) is 0 Å². The molecule has 0 saturated heterocycles. The molecule has 20 heteroatoms. The molecule has 0 aliphatic carbocycles. The van der Waals surface area contributed by atoms with E-state index in [2.05, 4.69) is 0 Å². The lowest BCUT2D eigenvalue weighted by Gasteiger charge is -2.19. The molecule has 4 unspecified atom stereocenters. The third-order valence-electron chi connectivity index (χ3n) is 6.63. The summed E-state index contributed by atoms with van der Waals surface area (Å²) in [7, 11) is 5.45. The van der Waals surface area contributed by atoms with E-state index in [0.717, 1.165) is 27.7 Å². The SMILES string of the molecule is COCCOC(=O)C(C)OC(=O)c1cc(C(=O)OC(C)C(=O)OCCOC)c(C(=O)OC(C)C(=O)OCCOC)cc1C(=O)OC(C)C(=O)OCCOC. The maximum absolute atomic E-state index is 13.5. The Morgan fingerprint density at radius 3 is 0.722 bits per heavy atom. The highest BCUT2D eigenvalue weighted by molar-refractivity contribution is 6.11. The van der Waals surface area contributed by atoms with Crippen molar-refractivity contribution >= 4 is 47.8 Å². The molecule has 302 valence electrons. The van der Waals surface area contributed by atoms with Crippen LogP contribution in [0.4, 0.5) is 0 Å². The largest absolute Gasteiger partial charge is 0.461 e. The summed E-state index contributed by atoms with van der Waals surface area (Å²) in [5.74, 6) is -9.69. The van der Waals surface area contributed by atoms with Gasteiger partial charge in [-0.15, -0.1) is 0 Å². The Morgan fingerprint density at radius 2 is 0.556 bits per heavy atom. The standard InChI is InChI=1S/C34H46O20/c1-19(27(35)47-13-9-43-5)51-31(39)23-17-25(33(41)53-21(3)29(37)49-15-11-45-7)26(34(42)54-22(4)30(38)50-16-12-46-8)18-24(23)32(40)52-20(2)28(36)48-14-10-44-6/h17-22H,9-16H2,1-8H3. The van der Waals surface area contributed by atoms with Crippen molar-refractivity contribution in [3.8, 4) is 0 Å². The van der Waals surface area contributed by atoms with Gasteiger partial charge in [0.2, 0.25) is 0 Å². The van der Waals surface area contributed by atoms with Crippen molar-refractivity contribution in [3.63, 3.8) is 0 Å². The molecule has 0 amide bonds. The number of hydrogen-bond donors (Lipinski definition) is 0. The van der Waals surface area contributed by atoms with Crippen LogP contribution in [0.25, 0.3) is 0 Å². The normalized spacial score (nSPS) is 12.9. The Bertz CT molecular complexity index is 1240. The van der Waals surface area contributed by atoms with E-state index < -0.39 is 94.4 Å². The van der Waals surface area contributed by atoms with Gasteiger partial charge in [0.15, 0.2) is 24.4 Å². The van der Waals surface area contributed by atoms with Crippen molar-refractivity contribution < 1.29 is 95.2 Å². The molecule has 1 aromatic carbocycles. The van der Waals surface area contributed by atoms with Crippen molar-refractivity contribution in [2.45, 2.75) is 52.1 Å². The number of carbonyl (C=O) groups is 8. The number of ether oxygens (including phenoxy) is 12. The van der Waals surface area contributed by atoms with E-state index in [1.165, 1.54) is 28.4 Å². The maximum Gasteiger partial charge on any atom is 0.347 e. The first-order chi connectivity index (χ1) is 25.6. The molecule has 1 aromatic rings. The van der Waals surface area contributed by atoms with Gasteiger partial charge in [0.1, 0.15) is 26.4 Å². The highest BCUT2D eigenvalue weighted by Gasteiger charge is 2.34. The van der Waals surface area contributed by atoms with Crippen LogP contribution in [0.15, 0.2) is 12.1 Å². The first-order valence-electron chi connectivity index (χ1n) is 16.3. The third kappa shape index (κ3) is 15.8. The van der Waals surface area contributed by atoms with Crippen LogP contribution in [0.3, 0.4) is 0 Å². The molecule has 0 spiro atoms. The van der Waals surface area contributed by atoms with Gasteiger partial charge >= 0.3 is 47.8 Å². The zero-order chi connectivity index (χ0) is 40.8. The Balaban J connectivity index is 3.78. The molecule has 54 heavy (non-hydrogen) atoms. The summed E-state index contributed by atoms with van der Waals surface area (Å²) in [6, 6.07) is 1.35. The zero-order valence-corrected chi connectivity index (χ0v) is 31.3. The molecule has 0 bridgehead atoms. The highest BCUT2D eigenvalue weighted by atomic mass is 16.6. The highest BCUT2D eigenvalue weighted by Crippen LogP contribution is 2.24. The minimum Gasteiger partial charge on any atom is -0.461 e. The quantitative estimate of drug-likeness (QED) is 0.0793. The Morgan fingerprint density at radius 1 is 0.370 bits per heavy atom. The van der Waals surface area contributed by atoms with Gasteiger partial charge in [-0.2, -0.15) is 0 Å². The van der Waals surface area contributed by atoms with E-state index in [9.17, 15) is 38.4 Å². The molecule has 1 rings (SSSR count). The number of benzene rings is 1. The Kier molecular flexibility index (Phi) is 21.6. The van der Waals surface area contributed by atoms with E-state index in [4.69, 9.17) is 56.8 Å². The van der Waals surface area contributed by atoms with Gasteiger partial charge in [-0.05, 0) is 39.8 Å². The van der Waals surface area contributed by atoms with Gasteiger partial charge in [0, 0.05) is 28.4 Å². The van der Waals surface area contributed by atoms with Crippen LogP contribution in [0, 0.1) is 0 Å². The van der Waals surface area contributed by atoms with Crippen molar-refractivity contribution in [2.24, 2.45) is 0 Å². The summed E-state index contributed by atoms with van der Waals surface area (Å²) in [6.07, 6.45) is -6.33. The minimum atomic E-state index is -1.58. The fraction of sp³-hybridized carbons (Fsp3) is 0.588. The van der Waals surface area contributed by atoms with Crippen LogP contribution in [0.2, 0.25) is 0 Å². The molecular formula is C34H46O20. The molecular weight excluding hydrogens is 728 g/mol. The monoisotopic (exact) mass is 774 g/mol. The topological polar surface area (TPSA) is 247 Å². The van der Waals surface area contributed by atoms with Crippen molar-refractivity contribution in [2.75, 3.05) is 81.3 Å². The average molecular weight is 775 g/mol. The number of esters is 8. The van der Waals surface area contributed by atoms with Crippen molar-refractivity contribution in [3.05, 3.63) is 34.4 Å². The molecule has 0 aliphatic heterocycles. The lowest BCUT2D eigenvalue weighted by molar-refractivity contribution is -0.154. The lowest BCUT2D eigenvalue weighted by atomic mass is 9.97. The second kappa shape index (κ2) is 24.9. The first kappa shape index (κ1) is 46.8. The van der Waals surface area contributed by atoms with Gasteiger partial charge in [0.25, 0.3) is 0 Å². The van der Waals surface area contributed by atoms with Gasteiger partial charge < -0.3 is 56.8 Å². The maximum atomic E-state index is 13.5. The van der Waals surface area contributed by atoms with E-state index >= 15 is 0 Å². The summed E-state index contributed by atoms with van der Waals surface area (Å²) < 4.78 is 59.8. The van der Waals surface area contributed by atoms with Crippen molar-refractivity contribution in [1.29, 1.82) is 0 Å². The van der Waals surface area contributed by atoms with E-state index in [1.807, 2.05) is 0 Å². The summed E-state index contributed by atoms with van der Waals surface area (Å²) in [5, 5.41) is 0. The molecule has 4 atom stereocenters. The summed E-state index contributed by atoms with van der Waals surface area (Å²) in [5.41, 5.74) is -3.10. The van der Waals surface area contributed by atoms with Crippen LogP contribution >= 0.6 is 0 Å². The molecule has 0 aliphatic rings. The zero-order valence-electron chi connectivity index (χ0n) is 31.3. The van der Waals surface area contributed by atoms with Crippen LogP contribution in [-0.2, 0) is 76.0 Å². The number of carbonyl (C=O) groups excluding carboxylic acids is 8. The predicted molar refractivity (Wildman–Crippen MR) is 177 cm³/mol. The molecule has 0 radical (unpaired) electrons. The molecule has 0 aromatic heterocycles. The number of rotatable bonds is 24. The number of hydrogen-bond acceptors (Lipinski definition) is 20. The average Bonchev–Trinajstić information content (AvgIpc) is 3.13. The van der Waals surface area contributed by atoms with Gasteiger partial charge in [-0.3, -0.25) is 0 Å². The third-order valence-corrected chi connectivity index (χ3v) is 6.63. The molecule has 20 nitrogen and oxygen atoms in total. The molecule has 0 heterocycles. The van der Waals surface area contributed by atoms with Gasteiger partial charge in [-0.1, -0.05) is 0 Å². The van der Waals surface area contributed by atoms with Crippen LogP contribution in [0.1, 0.15) is 69.1 Å². The van der Waals surface area contributed by atoms with E-state index in [0.29, 0.717) is 12.1 Å². The summed E-state index contributed by atoms with van der Waals surface area (Å²) >= 11 is 0. The Hall–Kier alpha value is -5.18. The lowest BCUT2D eigenvalue weighted by Crippen LogP contribution is -2.32. The van der Waals surface area contributed by atoms with E-state index in [-0.39, 0.29) is 52.9 Å². The second-order valence-electron chi connectivity index (χ2n) is 10.8. The van der Waals surface area contributed by atoms with Gasteiger partial charge in [-0.25, -0.2) is 38.4 Å². The molecule has 0 fully saturated rings. The van der Waals surface area contributed by atoms with Gasteiger partial charge in [0.05, 0.1) is 48.7 Å². The van der Waals surface area contributed by atoms with Crippen molar-refractivity contribution in [1.82, 2.24) is 0 Å². The minimum absolute atomic E-state index is 0.0271. The van der Waals surface area contributed by atoms with Crippen LogP contribution in [0.5, 0.6) is 0 Å². The molecule has 0 saturated carbocycles. The Labute approximate surface area is 310 Å². The summed E-state index contributed by atoms with van der Waals surface area (Å²) in [4.78, 5) is 104. The predicted octanol–water partition coefficient (Wildman–Crippen LogP) is 0.626. The number of methoxy groups -OCH3 is 4. The first-order valence-corrected chi connectivity index (χ1v) is 16.3. The van der Waals surface area contributed by atoms with Crippen LogP contribution in [-0.4, -0.2) is 153 Å². The second-order valence-corrected chi connectivity index (χ2v) is 10.8. The summed E-state index contributed by atoms with van der Waals surface area (Å²) in [6.45, 7) is 3.94. The fourth-order valence-corrected chi connectivity index (χ4v) is 3.74. The fourth-order valence-electron chi connectivity index (χ4n) is 3.74.